The van der Waals surface area contributed by atoms with Crippen molar-refractivity contribution in [3.05, 3.63) is 23.5 Å². The Balaban J connectivity index is 1.59. The maximum Gasteiger partial charge on any atom is 0.409 e. The third-order valence-corrected chi connectivity index (χ3v) is 8.71. The Hall–Kier alpha value is -2.91. The van der Waals surface area contributed by atoms with Crippen LogP contribution >= 0.6 is 11.3 Å². The SMILES string of the molecule is COC(=O)N1CCN(c2cc(S(=O)(=O)NC3(C)CC3)cn3c(-c4nnc(C(F)F)s4)cnc23)CC1. The number of carbonyl (C=O) groups excluding carboxylic acids is 1. The highest BCUT2D eigenvalue weighted by Crippen LogP contribution is 2.37. The van der Waals surface area contributed by atoms with Crippen LogP contribution in [0.1, 0.15) is 31.2 Å². The van der Waals surface area contributed by atoms with Crippen LogP contribution < -0.4 is 9.62 Å². The first kappa shape index (κ1) is 23.8. The molecule has 5 rings (SSSR count). The highest BCUT2D eigenvalue weighted by molar-refractivity contribution is 7.89. The molecule has 3 aromatic rings. The van der Waals surface area contributed by atoms with Gasteiger partial charge >= 0.3 is 6.09 Å². The summed E-state index contributed by atoms with van der Waals surface area (Å²) in [7, 11) is -2.57. The average molecular weight is 528 g/mol. The van der Waals surface area contributed by atoms with Gasteiger partial charge in [-0.15, -0.1) is 10.2 Å². The molecule has 0 bridgehead atoms. The van der Waals surface area contributed by atoms with Crippen LogP contribution in [-0.4, -0.2) is 77.8 Å². The summed E-state index contributed by atoms with van der Waals surface area (Å²) in [5.41, 5.74) is 0.858. The molecule has 15 heteroatoms. The number of carbonyl (C=O) groups is 1. The normalized spacial score (nSPS) is 17.9. The minimum Gasteiger partial charge on any atom is -0.453 e. The van der Waals surface area contributed by atoms with Gasteiger partial charge in [0.25, 0.3) is 6.43 Å². The van der Waals surface area contributed by atoms with E-state index < -0.39 is 33.1 Å². The Bertz CT molecular complexity index is 1380. The quantitative estimate of drug-likeness (QED) is 0.519. The van der Waals surface area contributed by atoms with E-state index in [0.29, 0.717) is 43.2 Å². The van der Waals surface area contributed by atoms with Crippen LogP contribution in [0.4, 0.5) is 19.3 Å². The van der Waals surface area contributed by atoms with Crippen molar-refractivity contribution in [2.75, 3.05) is 38.2 Å². The van der Waals surface area contributed by atoms with Crippen molar-refractivity contribution in [2.45, 2.75) is 36.6 Å². The molecule has 1 saturated heterocycles. The molecule has 0 atom stereocenters. The first-order valence-corrected chi connectivity index (χ1v) is 13.1. The number of fused-ring (bicyclic) bond motifs is 1. The predicted molar refractivity (Wildman–Crippen MR) is 123 cm³/mol. The molecule has 1 aliphatic carbocycles. The van der Waals surface area contributed by atoms with Crippen molar-refractivity contribution in [3.8, 4) is 10.7 Å². The van der Waals surface area contributed by atoms with Gasteiger partial charge in [0.2, 0.25) is 10.0 Å². The van der Waals surface area contributed by atoms with E-state index in [0.717, 1.165) is 24.2 Å². The number of amides is 1. The largest absolute Gasteiger partial charge is 0.453 e. The van der Waals surface area contributed by atoms with Gasteiger partial charge in [0.15, 0.2) is 15.7 Å². The molecule has 35 heavy (non-hydrogen) atoms. The van der Waals surface area contributed by atoms with Crippen LogP contribution in [0.2, 0.25) is 0 Å². The minimum absolute atomic E-state index is 0.0152. The number of piperazine rings is 1. The van der Waals surface area contributed by atoms with E-state index in [4.69, 9.17) is 4.74 Å². The van der Waals surface area contributed by atoms with Crippen molar-refractivity contribution >= 4 is 38.8 Å². The number of ether oxygens (including phenoxy) is 1. The lowest BCUT2D eigenvalue weighted by atomic mass is 10.2. The molecule has 1 saturated carbocycles. The molecule has 1 amide bonds. The number of nitrogens with one attached hydrogen (secondary N) is 1. The van der Waals surface area contributed by atoms with Crippen molar-refractivity contribution in [1.82, 2.24) is 29.2 Å². The first-order valence-electron chi connectivity index (χ1n) is 10.8. The number of sulfonamides is 1. The number of imidazole rings is 1. The van der Waals surface area contributed by atoms with Crippen LogP contribution in [0, 0.1) is 0 Å². The molecule has 0 spiro atoms. The molecule has 1 aliphatic heterocycles. The van der Waals surface area contributed by atoms with Gasteiger partial charge in [0.05, 0.1) is 19.0 Å². The van der Waals surface area contributed by atoms with Crippen LogP contribution in [0.25, 0.3) is 16.3 Å². The molecule has 4 heterocycles. The molecule has 2 aliphatic rings. The summed E-state index contributed by atoms with van der Waals surface area (Å²) in [5, 5.41) is 7.17. The molecular formula is C20H23F2N7O4S2. The van der Waals surface area contributed by atoms with E-state index in [9.17, 15) is 22.0 Å². The van der Waals surface area contributed by atoms with E-state index >= 15 is 0 Å². The number of pyridine rings is 1. The zero-order valence-corrected chi connectivity index (χ0v) is 20.6. The molecular weight excluding hydrogens is 504 g/mol. The summed E-state index contributed by atoms with van der Waals surface area (Å²) < 4.78 is 61.8. The summed E-state index contributed by atoms with van der Waals surface area (Å²) >= 11 is 0.725. The number of methoxy groups -OCH3 is 1. The van der Waals surface area contributed by atoms with Crippen LogP contribution in [-0.2, 0) is 14.8 Å². The average Bonchev–Trinajstić information content (AvgIpc) is 3.21. The van der Waals surface area contributed by atoms with Gasteiger partial charge in [-0.3, -0.25) is 4.40 Å². The predicted octanol–water partition coefficient (Wildman–Crippen LogP) is 2.51. The lowest BCUT2D eigenvalue weighted by molar-refractivity contribution is 0.121. The lowest BCUT2D eigenvalue weighted by Crippen LogP contribution is -2.49. The first-order chi connectivity index (χ1) is 16.6. The summed E-state index contributed by atoms with van der Waals surface area (Å²) in [6, 6.07) is 1.55. The molecule has 1 N–H and O–H groups in total. The van der Waals surface area contributed by atoms with E-state index in [-0.39, 0.29) is 9.90 Å². The maximum atomic E-state index is 13.3. The third kappa shape index (κ3) is 4.54. The fraction of sp³-hybridized carbons (Fsp3) is 0.500. The number of aromatic nitrogens is 4. The summed E-state index contributed by atoms with van der Waals surface area (Å²) in [5.74, 6) is 0. The zero-order valence-electron chi connectivity index (χ0n) is 18.9. The molecule has 0 aromatic carbocycles. The monoisotopic (exact) mass is 527 g/mol. The van der Waals surface area contributed by atoms with Crippen molar-refractivity contribution < 1.29 is 26.7 Å². The van der Waals surface area contributed by atoms with E-state index in [1.54, 1.807) is 15.4 Å². The third-order valence-electron chi connectivity index (χ3n) is 6.15. The second-order valence-electron chi connectivity index (χ2n) is 8.75. The van der Waals surface area contributed by atoms with Gasteiger partial charge in [-0.25, -0.2) is 31.7 Å². The van der Waals surface area contributed by atoms with E-state index in [1.807, 2.05) is 11.8 Å². The van der Waals surface area contributed by atoms with Gasteiger partial charge in [-0.1, -0.05) is 11.3 Å². The number of nitrogens with zero attached hydrogens (tertiary/aromatic N) is 6. The van der Waals surface area contributed by atoms with Crippen molar-refractivity contribution in [3.63, 3.8) is 0 Å². The van der Waals surface area contributed by atoms with Crippen LogP contribution in [0.15, 0.2) is 23.4 Å². The van der Waals surface area contributed by atoms with E-state index in [1.165, 1.54) is 19.5 Å². The lowest BCUT2D eigenvalue weighted by Gasteiger charge is -2.35. The second kappa shape index (κ2) is 8.64. The highest BCUT2D eigenvalue weighted by Gasteiger charge is 2.41. The molecule has 3 aromatic heterocycles. The summed E-state index contributed by atoms with van der Waals surface area (Å²) in [6.45, 7) is 3.46. The molecule has 0 radical (unpaired) electrons. The Morgan fingerprint density at radius 3 is 2.54 bits per heavy atom. The second-order valence-corrected chi connectivity index (χ2v) is 11.4. The number of anilines is 1. The number of halogens is 2. The topological polar surface area (TPSA) is 122 Å². The van der Waals surface area contributed by atoms with Gasteiger partial charge < -0.3 is 14.5 Å². The molecule has 0 unspecified atom stereocenters. The standard InChI is InChI=1S/C20H23F2N7O4S2/c1-20(3-4-20)26-35(31,32)12-9-13(27-5-7-28(8-6-27)19(30)33-2)16-23-10-14(29(16)11-12)17-24-25-18(34-17)15(21)22/h9-11,15,26H,3-8H2,1-2H3. The van der Waals surface area contributed by atoms with Crippen LogP contribution in [0.5, 0.6) is 0 Å². The number of rotatable bonds is 6. The Morgan fingerprint density at radius 2 is 1.94 bits per heavy atom. The summed E-state index contributed by atoms with van der Waals surface area (Å²) in [6.07, 6.45) is 1.18. The Morgan fingerprint density at radius 1 is 1.23 bits per heavy atom. The molecule has 11 nitrogen and oxygen atoms in total. The highest BCUT2D eigenvalue weighted by atomic mass is 32.2. The summed E-state index contributed by atoms with van der Waals surface area (Å²) in [4.78, 5) is 19.8. The van der Waals surface area contributed by atoms with Crippen LogP contribution in [0.3, 0.4) is 0 Å². The Kier molecular flexibility index (Phi) is 5.88. The zero-order chi connectivity index (χ0) is 25.0. The van der Waals surface area contributed by atoms with Gasteiger partial charge in [0, 0.05) is 37.9 Å². The van der Waals surface area contributed by atoms with Crippen molar-refractivity contribution in [2.24, 2.45) is 0 Å². The Labute approximate surface area is 203 Å². The smallest absolute Gasteiger partial charge is 0.409 e. The minimum atomic E-state index is -3.88. The molecule has 2 fully saturated rings. The number of hydrogen-bond acceptors (Lipinski definition) is 9. The van der Waals surface area contributed by atoms with Gasteiger partial charge in [0.1, 0.15) is 10.6 Å². The molecule has 188 valence electrons. The maximum absolute atomic E-state index is 13.3. The van der Waals surface area contributed by atoms with Gasteiger partial charge in [-0.05, 0) is 25.8 Å². The fourth-order valence-corrected chi connectivity index (χ4v) is 6.13. The number of alkyl halides is 2. The number of hydrogen-bond donors (Lipinski definition) is 1. The van der Waals surface area contributed by atoms with Crippen molar-refractivity contribution in [1.29, 1.82) is 0 Å². The fourth-order valence-electron chi connectivity index (χ4n) is 3.94. The van der Waals surface area contributed by atoms with E-state index in [2.05, 4.69) is 19.9 Å². The van der Waals surface area contributed by atoms with Gasteiger partial charge in [-0.2, -0.15) is 0 Å².